The van der Waals surface area contributed by atoms with E-state index < -0.39 is 5.97 Å². The van der Waals surface area contributed by atoms with Crippen molar-refractivity contribution in [1.82, 2.24) is 10.5 Å². The summed E-state index contributed by atoms with van der Waals surface area (Å²) in [5, 5.41) is 24.1. The minimum Gasteiger partial charge on any atom is -0.497 e. The van der Waals surface area contributed by atoms with E-state index in [1.54, 1.807) is 42.0 Å². The van der Waals surface area contributed by atoms with Crippen LogP contribution in [-0.4, -0.2) is 41.3 Å². The second-order valence-electron chi connectivity index (χ2n) is 4.07. The van der Waals surface area contributed by atoms with Gasteiger partial charge in [0.15, 0.2) is 5.84 Å². The fraction of sp³-hybridized carbons (Fsp3) is 0.133. The number of hydrogen-bond donors (Lipinski definition) is 4. The Balaban J connectivity index is 0.000000238. The fourth-order valence-electron chi connectivity index (χ4n) is 1.55. The number of nitrogens with zero attached hydrogens (tertiary/aromatic N) is 1. The lowest BCUT2D eigenvalue weighted by Crippen LogP contribution is -2.19. The van der Waals surface area contributed by atoms with Crippen molar-refractivity contribution in [2.45, 2.75) is 0 Å². The molecule has 0 amide bonds. The standard InChI is InChI=1S/C9H10O4.C6H7N3O/c1-12-6-3-4-8(13-2)7(5-6)9(10)11;7-6(9-10)5-3-1-2-4-8-5/h3-5H,1-2H3,(H,10,11);1-4,10H,(H2,7,9). The molecule has 0 aliphatic rings. The van der Waals surface area contributed by atoms with E-state index >= 15 is 0 Å². The van der Waals surface area contributed by atoms with Crippen LogP contribution in [0.25, 0.3) is 0 Å². The van der Waals surface area contributed by atoms with E-state index in [1.807, 2.05) is 0 Å². The number of benzene rings is 1. The second-order valence-corrected chi connectivity index (χ2v) is 4.07. The number of carboxylic acids is 1. The van der Waals surface area contributed by atoms with Gasteiger partial charge in [-0.25, -0.2) is 4.79 Å². The second kappa shape index (κ2) is 9.00. The molecule has 0 saturated heterocycles. The molecule has 0 aliphatic carbocycles. The number of rotatable bonds is 4. The normalized spacial score (nSPS) is 9.17. The lowest BCUT2D eigenvalue weighted by Gasteiger charge is -2.06. The summed E-state index contributed by atoms with van der Waals surface area (Å²) < 4.78 is 9.76. The summed E-state index contributed by atoms with van der Waals surface area (Å²) in [5.41, 5.74) is 2.22. The molecule has 1 aromatic heterocycles. The first-order valence-corrected chi connectivity index (χ1v) is 6.38. The van der Waals surface area contributed by atoms with Crippen LogP contribution < -0.4 is 15.0 Å². The van der Waals surface area contributed by atoms with Gasteiger partial charge in [-0.3, -0.25) is 21.1 Å². The van der Waals surface area contributed by atoms with Crippen molar-refractivity contribution in [1.29, 1.82) is 5.41 Å². The molecule has 8 heteroatoms. The van der Waals surface area contributed by atoms with Crippen LogP contribution in [0.3, 0.4) is 0 Å². The van der Waals surface area contributed by atoms with Crippen molar-refractivity contribution >= 4 is 11.8 Å². The molecule has 0 bridgehead atoms. The zero-order chi connectivity index (χ0) is 17.2. The molecule has 23 heavy (non-hydrogen) atoms. The summed E-state index contributed by atoms with van der Waals surface area (Å²) in [4.78, 5) is 14.5. The topological polar surface area (TPSA) is 125 Å². The Morgan fingerprint density at radius 3 is 2.43 bits per heavy atom. The summed E-state index contributed by atoms with van der Waals surface area (Å²) in [6.45, 7) is 0. The highest BCUT2D eigenvalue weighted by Crippen LogP contribution is 2.23. The first-order valence-electron chi connectivity index (χ1n) is 6.38. The number of hydroxylamine groups is 1. The number of methoxy groups -OCH3 is 2. The van der Waals surface area contributed by atoms with Crippen LogP contribution in [-0.2, 0) is 0 Å². The Kier molecular flexibility index (Phi) is 7.02. The number of carboxylic acid groups (broad SMARTS) is 1. The van der Waals surface area contributed by atoms with E-state index in [4.69, 9.17) is 25.2 Å². The molecule has 2 rings (SSSR count). The molecular formula is C15H17N3O5. The minimum atomic E-state index is -1.03. The number of nitrogens with one attached hydrogen (secondary N) is 2. The third-order valence-electron chi connectivity index (χ3n) is 2.67. The molecule has 0 aliphatic heterocycles. The Hall–Kier alpha value is -3.13. The maximum Gasteiger partial charge on any atom is 0.339 e. The molecule has 0 atom stereocenters. The molecule has 4 N–H and O–H groups in total. The Morgan fingerprint density at radius 1 is 1.22 bits per heavy atom. The van der Waals surface area contributed by atoms with E-state index in [-0.39, 0.29) is 11.4 Å². The highest BCUT2D eigenvalue weighted by atomic mass is 16.5. The van der Waals surface area contributed by atoms with Crippen LogP contribution in [0.15, 0.2) is 42.6 Å². The highest BCUT2D eigenvalue weighted by molar-refractivity contribution is 5.93. The van der Waals surface area contributed by atoms with Crippen molar-refractivity contribution in [3.63, 3.8) is 0 Å². The van der Waals surface area contributed by atoms with E-state index in [9.17, 15) is 4.79 Å². The predicted octanol–water partition coefficient (Wildman–Crippen LogP) is 1.79. The van der Waals surface area contributed by atoms with Gasteiger partial charge in [-0.15, -0.1) is 0 Å². The molecule has 0 saturated carbocycles. The fourth-order valence-corrected chi connectivity index (χ4v) is 1.55. The molecule has 1 heterocycles. The minimum absolute atomic E-state index is 0.0967. The summed E-state index contributed by atoms with van der Waals surface area (Å²) in [6, 6.07) is 9.74. The number of aromatic carboxylic acids is 1. The monoisotopic (exact) mass is 319 g/mol. The van der Waals surface area contributed by atoms with Gasteiger partial charge < -0.3 is 14.6 Å². The molecule has 0 spiro atoms. The largest absolute Gasteiger partial charge is 0.497 e. The molecular weight excluding hydrogens is 302 g/mol. The first kappa shape index (κ1) is 17.9. The predicted molar refractivity (Wildman–Crippen MR) is 82.5 cm³/mol. The lowest BCUT2D eigenvalue weighted by molar-refractivity contribution is 0.0693. The summed E-state index contributed by atoms with van der Waals surface area (Å²) >= 11 is 0. The maximum absolute atomic E-state index is 10.7. The summed E-state index contributed by atoms with van der Waals surface area (Å²) in [7, 11) is 2.90. The Morgan fingerprint density at radius 2 is 1.96 bits per heavy atom. The van der Waals surface area contributed by atoms with Crippen molar-refractivity contribution in [3.8, 4) is 11.5 Å². The molecule has 0 radical (unpaired) electrons. The third-order valence-corrected chi connectivity index (χ3v) is 2.67. The number of ether oxygens (including phenoxy) is 2. The zero-order valence-electron chi connectivity index (χ0n) is 12.6. The number of pyridine rings is 1. The number of amidine groups is 1. The van der Waals surface area contributed by atoms with Crippen molar-refractivity contribution in [2.75, 3.05) is 14.2 Å². The maximum atomic E-state index is 10.7. The quantitative estimate of drug-likeness (QED) is 0.384. The molecule has 1 aromatic carbocycles. The van der Waals surface area contributed by atoms with E-state index in [1.165, 1.54) is 20.3 Å². The van der Waals surface area contributed by atoms with E-state index in [0.29, 0.717) is 17.2 Å². The van der Waals surface area contributed by atoms with Crippen LogP contribution in [0.5, 0.6) is 11.5 Å². The van der Waals surface area contributed by atoms with Crippen LogP contribution in [0.2, 0.25) is 0 Å². The van der Waals surface area contributed by atoms with Crippen molar-refractivity contribution < 1.29 is 24.6 Å². The van der Waals surface area contributed by atoms with Gasteiger partial charge >= 0.3 is 5.97 Å². The van der Waals surface area contributed by atoms with E-state index in [0.717, 1.165) is 0 Å². The van der Waals surface area contributed by atoms with Crippen LogP contribution in [0.4, 0.5) is 0 Å². The van der Waals surface area contributed by atoms with Gasteiger partial charge in [-0.05, 0) is 30.3 Å². The number of carbonyl (C=O) groups is 1. The number of hydrogen-bond acceptors (Lipinski definition) is 6. The molecule has 8 nitrogen and oxygen atoms in total. The van der Waals surface area contributed by atoms with Gasteiger partial charge in [-0.1, -0.05) is 6.07 Å². The van der Waals surface area contributed by atoms with Crippen LogP contribution in [0.1, 0.15) is 16.1 Å². The van der Waals surface area contributed by atoms with Crippen LogP contribution in [0, 0.1) is 5.41 Å². The average Bonchev–Trinajstić information content (AvgIpc) is 2.61. The van der Waals surface area contributed by atoms with Crippen molar-refractivity contribution in [3.05, 3.63) is 53.9 Å². The SMILES string of the molecule is COc1ccc(OC)c(C(=O)O)c1.N=C(NO)c1ccccn1. The number of aromatic nitrogens is 1. The van der Waals surface area contributed by atoms with Gasteiger partial charge in [-0.2, -0.15) is 0 Å². The Bertz CT molecular complexity index is 661. The van der Waals surface area contributed by atoms with E-state index in [2.05, 4.69) is 4.98 Å². The van der Waals surface area contributed by atoms with Gasteiger partial charge in [0.05, 0.1) is 14.2 Å². The van der Waals surface area contributed by atoms with Crippen LogP contribution >= 0.6 is 0 Å². The lowest BCUT2D eigenvalue weighted by atomic mass is 10.2. The molecule has 0 fully saturated rings. The summed E-state index contributed by atoms with van der Waals surface area (Å²) in [5.74, 6) is -0.303. The van der Waals surface area contributed by atoms with Crippen molar-refractivity contribution in [2.24, 2.45) is 0 Å². The molecule has 0 unspecified atom stereocenters. The van der Waals surface area contributed by atoms with Gasteiger partial charge in [0.1, 0.15) is 22.8 Å². The smallest absolute Gasteiger partial charge is 0.339 e. The average molecular weight is 319 g/mol. The van der Waals surface area contributed by atoms with Gasteiger partial charge in [0.2, 0.25) is 0 Å². The Labute approximate surface area is 132 Å². The summed E-state index contributed by atoms with van der Waals surface area (Å²) in [6.07, 6.45) is 1.56. The highest BCUT2D eigenvalue weighted by Gasteiger charge is 2.11. The molecule has 2 aromatic rings. The zero-order valence-corrected chi connectivity index (χ0v) is 12.6. The molecule has 122 valence electrons. The first-order chi connectivity index (χ1) is 11.0. The van der Waals surface area contributed by atoms with Gasteiger partial charge in [0, 0.05) is 6.20 Å². The third kappa shape index (κ3) is 5.29. The van der Waals surface area contributed by atoms with Gasteiger partial charge in [0.25, 0.3) is 0 Å².